The molecule has 0 aromatic carbocycles. The van der Waals surface area contributed by atoms with E-state index >= 15 is 0 Å². The molecule has 24 nitrogen and oxygen atoms in total. The number of hydrogen-bond donors (Lipinski definition) is 14. The Morgan fingerprint density at radius 1 is 0.451 bits per heavy atom. The van der Waals surface area contributed by atoms with Crippen LogP contribution in [0.2, 0.25) is 0 Å². The standard InChI is InChI=1S/C47H78O24/c1-2-3-4-5-6-7-8-9-10-11-12-13-14-15-16-17-18-19-31(52)65-26(24-63-44-40(61)42(34(55)29(22-50)66-44)70-46-38(59)36(57)32(53)27(20-48)68-46)25-64-45-41(62)43(35(56)30(23-51)67-45)71-47-39(60)37(58)33(54)28(21-49)69-47/h6-7,9-10,12-13,15-16,26-30,32-51,53-62H,2-5,8,11,14,17-25H2,1H3/b7-6-,10-9-,13-12-,16-15-/t27-,28-,29-,30-,32-,33-,34-,35-,36+,37+,38-,39-,40-,41-,42+,43+,44-,45-,46+,47+/m1/s1. The predicted octanol–water partition coefficient (Wildman–Crippen LogP) is -3.67. The van der Waals surface area contributed by atoms with Gasteiger partial charge in [0.25, 0.3) is 0 Å². The largest absolute Gasteiger partial charge is 0.457 e. The fraction of sp³-hybridized carbons (Fsp3) is 0.809. The van der Waals surface area contributed by atoms with Crippen LogP contribution < -0.4 is 0 Å². The van der Waals surface area contributed by atoms with Crippen LogP contribution in [0.4, 0.5) is 0 Å². The maximum absolute atomic E-state index is 13.2. The molecule has 0 bridgehead atoms. The molecule has 4 aliphatic heterocycles. The van der Waals surface area contributed by atoms with Crippen molar-refractivity contribution in [3.63, 3.8) is 0 Å². The number of allylic oxidation sites excluding steroid dienone is 8. The molecule has 0 saturated carbocycles. The number of rotatable bonds is 29. The highest BCUT2D eigenvalue weighted by Gasteiger charge is 2.53. The molecular weight excluding hydrogens is 948 g/mol. The molecule has 4 fully saturated rings. The van der Waals surface area contributed by atoms with Gasteiger partial charge in [0.1, 0.15) is 104 Å². The third kappa shape index (κ3) is 18.1. The Balaban J connectivity index is 1.40. The maximum Gasteiger partial charge on any atom is 0.306 e. The molecule has 4 aliphatic rings. The van der Waals surface area contributed by atoms with Crippen molar-refractivity contribution in [1.29, 1.82) is 0 Å². The first-order valence-corrected chi connectivity index (χ1v) is 24.3. The molecular formula is C47H78O24. The lowest BCUT2D eigenvalue weighted by atomic mass is 9.97. The van der Waals surface area contributed by atoms with Gasteiger partial charge in [-0.05, 0) is 44.9 Å². The zero-order chi connectivity index (χ0) is 52.0. The van der Waals surface area contributed by atoms with E-state index in [1.165, 1.54) is 19.3 Å². The molecule has 4 rings (SSSR count). The van der Waals surface area contributed by atoms with Crippen LogP contribution in [-0.4, -0.2) is 246 Å². The van der Waals surface area contributed by atoms with E-state index in [0.717, 1.165) is 19.3 Å². The van der Waals surface area contributed by atoms with Crippen molar-refractivity contribution in [3.8, 4) is 0 Å². The summed E-state index contributed by atoms with van der Waals surface area (Å²) < 4.78 is 50.4. The van der Waals surface area contributed by atoms with Crippen LogP contribution in [0.25, 0.3) is 0 Å². The van der Waals surface area contributed by atoms with Gasteiger partial charge >= 0.3 is 5.97 Å². The molecule has 4 saturated heterocycles. The number of carbonyl (C=O) groups excluding carboxylic acids is 1. The molecule has 0 radical (unpaired) electrons. The minimum Gasteiger partial charge on any atom is -0.457 e. The van der Waals surface area contributed by atoms with Gasteiger partial charge in [-0.1, -0.05) is 68.4 Å². The van der Waals surface area contributed by atoms with Crippen molar-refractivity contribution in [2.75, 3.05) is 39.6 Å². The smallest absolute Gasteiger partial charge is 0.306 e. The molecule has 71 heavy (non-hydrogen) atoms. The summed E-state index contributed by atoms with van der Waals surface area (Å²) in [6, 6.07) is 0. The second-order valence-electron chi connectivity index (χ2n) is 17.8. The number of aliphatic hydroxyl groups excluding tert-OH is 14. The fourth-order valence-corrected chi connectivity index (χ4v) is 8.06. The van der Waals surface area contributed by atoms with Crippen molar-refractivity contribution in [2.24, 2.45) is 0 Å². The summed E-state index contributed by atoms with van der Waals surface area (Å²) in [5.41, 5.74) is 0. The Morgan fingerprint density at radius 2 is 0.817 bits per heavy atom. The average molecular weight is 1030 g/mol. The Kier molecular flexibility index (Phi) is 27.6. The molecule has 14 N–H and O–H groups in total. The van der Waals surface area contributed by atoms with Crippen LogP contribution in [0.3, 0.4) is 0 Å². The summed E-state index contributed by atoms with van der Waals surface area (Å²) in [4.78, 5) is 13.2. The number of unbranched alkanes of at least 4 members (excludes halogenated alkanes) is 4. The second-order valence-corrected chi connectivity index (χ2v) is 17.8. The lowest BCUT2D eigenvalue weighted by Crippen LogP contribution is -2.65. The van der Waals surface area contributed by atoms with E-state index in [9.17, 15) is 76.3 Å². The van der Waals surface area contributed by atoms with Crippen molar-refractivity contribution < 1.29 is 119 Å². The highest BCUT2D eigenvalue weighted by molar-refractivity contribution is 5.69. The normalized spacial score (nSPS) is 38.4. The first-order valence-electron chi connectivity index (χ1n) is 24.3. The highest BCUT2D eigenvalue weighted by Crippen LogP contribution is 2.32. The van der Waals surface area contributed by atoms with Crippen LogP contribution in [-0.2, 0) is 47.4 Å². The molecule has 0 unspecified atom stereocenters. The molecule has 410 valence electrons. The van der Waals surface area contributed by atoms with E-state index < -0.39 is 175 Å². The van der Waals surface area contributed by atoms with Crippen LogP contribution in [0, 0.1) is 0 Å². The quantitative estimate of drug-likeness (QED) is 0.0195. The number of esters is 1. The summed E-state index contributed by atoms with van der Waals surface area (Å²) >= 11 is 0. The minimum atomic E-state index is -1.95. The van der Waals surface area contributed by atoms with Gasteiger partial charge in [0, 0.05) is 6.42 Å². The number of aliphatic hydroxyl groups is 14. The van der Waals surface area contributed by atoms with Gasteiger partial charge in [-0.2, -0.15) is 0 Å². The monoisotopic (exact) mass is 1030 g/mol. The summed E-state index contributed by atoms with van der Waals surface area (Å²) in [5, 5.41) is 146. The zero-order valence-corrected chi connectivity index (χ0v) is 39.9. The molecule has 4 heterocycles. The Hall–Kier alpha value is -2.45. The lowest BCUT2D eigenvalue weighted by Gasteiger charge is -2.46. The molecule has 0 aromatic rings. The second kappa shape index (κ2) is 32.1. The Labute approximate surface area is 412 Å². The van der Waals surface area contributed by atoms with E-state index in [1.807, 2.05) is 18.2 Å². The molecule has 0 aliphatic carbocycles. The van der Waals surface area contributed by atoms with Gasteiger partial charge in [0.05, 0.1) is 39.6 Å². The van der Waals surface area contributed by atoms with Crippen LogP contribution >= 0.6 is 0 Å². The minimum absolute atomic E-state index is 0.0960. The van der Waals surface area contributed by atoms with Gasteiger partial charge in [-0.15, -0.1) is 0 Å². The van der Waals surface area contributed by atoms with Crippen molar-refractivity contribution in [3.05, 3.63) is 48.6 Å². The van der Waals surface area contributed by atoms with Crippen LogP contribution in [0.1, 0.15) is 71.1 Å². The van der Waals surface area contributed by atoms with E-state index in [-0.39, 0.29) is 6.42 Å². The first-order chi connectivity index (χ1) is 34.1. The molecule has 0 spiro atoms. The van der Waals surface area contributed by atoms with Crippen molar-refractivity contribution in [1.82, 2.24) is 0 Å². The molecule has 24 heteroatoms. The Morgan fingerprint density at radius 3 is 1.21 bits per heavy atom. The zero-order valence-electron chi connectivity index (χ0n) is 39.9. The van der Waals surface area contributed by atoms with Crippen molar-refractivity contribution in [2.45, 2.75) is 200 Å². The third-order valence-electron chi connectivity index (χ3n) is 12.3. The summed E-state index contributed by atoms with van der Waals surface area (Å²) in [6.45, 7) is -2.47. The van der Waals surface area contributed by atoms with E-state index in [2.05, 4.69) is 37.3 Å². The van der Waals surface area contributed by atoms with Gasteiger partial charge < -0.3 is 114 Å². The summed E-state index contributed by atoms with van der Waals surface area (Å²) in [5.74, 6) is -0.742. The summed E-state index contributed by atoms with van der Waals surface area (Å²) in [7, 11) is 0. The predicted molar refractivity (Wildman–Crippen MR) is 243 cm³/mol. The fourth-order valence-electron chi connectivity index (χ4n) is 8.06. The average Bonchev–Trinajstić information content (AvgIpc) is 3.36. The van der Waals surface area contributed by atoms with Gasteiger partial charge in [-0.3, -0.25) is 4.79 Å². The summed E-state index contributed by atoms with van der Waals surface area (Å²) in [6.07, 6.45) is -12.1. The number of ether oxygens (including phenoxy) is 9. The van der Waals surface area contributed by atoms with E-state index in [4.69, 9.17) is 42.6 Å². The maximum atomic E-state index is 13.2. The van der Waals surface area contributed by atoms with Crippen LogP contribution in [0.5, 0.6) is 0 Å². The van der Waals surface area contributed by atoms with Gasteiger partial charge in [0.15, 0.2) is 25.2 Å². The topological polar surface area (TPSA) is 383 Å². The van der Waals surface area contributed by atoms with E-state index in [1.54, 1.807) is 0 Å². The number of hydrogen-bond acceptors (Lipinski definition) is 24. The molecule has 0 amide bonds. The van der Waals surface area contributed by atoms with Gasteiger partial charge in [0.2, 0.25) is 0 Å². The lowest BCUT2D eigenvalue weighted by molar-refractivity contribution is -0.364. The SMILES string of the molecule is CCCCC/C=C\C/C=C\C/C=C\C/C=C\CCCC(=O)OC(CO[C@@H]1O[C@H](CO)[C@@H](O)[C@H](O[C@@H]2O[C@H](CO)[C@@H](O)[C@H](O)[C@H]2O)[C@H]1O)CO[C@@H]1O[C@H](CO)[C@@H](O)[C@H](O[C@@H]2O[C@H](CO)[C@@H](O)[C@H](O)[C@H]2O)[C@H]1O. The first kappa shape index (κ1) is 61.1. The molecule has 20 atom stereocenters. The highest BCUT2D eigenvalue weighted by atomic mass is 16.8. The Bertz CT molecular complexity index is 1520. The van der Waals surface area contributed by atoms with E-state index in [0.29, 0.717) is 19.3 Å². The third-order valence-corrected chi connectivity index (χ3v) is 12.3. The number of carbonyl (C=O) groups is 1. The molecule has 0 aromatic heterocycles. The van der Waals surface area contributed by atoms with Gasteiger partial charge in [-0.25, -0.2) is 0 Å². The van der Waals surface area contributed by atoms with Crippen molar-refractivity contribution >= 4 is 5.97 Å². The van der Waals surface area contributed by atoms with Crippen LogP contribution in [0.15, 0.2) is 48.6 Å².